The number of methoxy groups -OCH3 is 1. The molecule has 0 aliphatic carbocycles. The molecule has 1 atom stereocenters. The molecule has 1 unspecified atom stereocenters. The summed E-state index contributed by atoms with van der Waals surface area (Å²) in [6.45, 7) is 2.34. The first kappa shape index (κ1) is 12.8. The fourth-order valence-electron chi connectivity index (χ4n) is 2.40. The highest BCUT2D eigenvalue weighted by Gasteiger charge is 2.28. The first-order valence-corrected chi connectivity index (χ1v) is 6.45. The van der Waals surface area contributed by atoms with E-state index in [9.17, 15) is 4.79 Å². The van der Waals surface area contributed by atoms with E-state index in [0.717, 1.165) is 11.5 Å². The molecule has 3 rings (SSSR count). The molecule has 1 aromatic heterocycles. The second-order valence-electron chi connectivity index (χ2n) is 4.87. The van der Waals surface area contributed by atoms with E-state index < -0.39 is 0 Å². The molecule has 1 amide bonds. The maximum absolute atomic E-state index is 12.4. The van der Waals surface area contributed by atoms with Crippen LogP contribution in [0.25, 0.3) is 5.69 Å². The zero-order chi connectivity index (χ0) is 14.3. The van der Waals surface area contributed by atoms with Crippen molar-refractivity contribution in [1.29, 1.82) is 0 Å². The van der Waals surface area contributed by atoms with E-state index in [-0.39, 0.29) is 12.0 Å². The number of benzene rings is 1. The van der Waals surface area contributed by atoms with Gasteiger partial charge >= 0.3 is 0 Å². The van der Waals surface area contributed by atoms with Crippen molar-refractivity contribution in [3.63, 3.8) is 0 Å². The molecule has 0 bridgehead atoms. The Hall–Kier alpha value is -2.21. The van der Waals surface area contributed by atoms with Crippen molar-refractivity contribution >= 4 is 5.91 Å². The number of amides is 1. The molecule has 0 radical (unpaired) electrons. The number of rotatable bonds is 2. The molecule has 2 heterocycles. The fraction of sp³-hybridized carbons (Fsp3) is 0.357. The lowest BCUT2D eigenvalue weighted by atomic mass is 10.1. The summed E-state index contributed by atoms with van der Waals surface area (Å²) in [5.41, 5.74) is 1.46. The Morgan fingerprint density at radius 2 is 2.05 bits per heavy atom. The number of fused-ring (bicyclic) bond motifs is 3. The van der Waals surface area contributed by atoms with Crippen molar-refractivity contribution in [1.82, 2.24) is 19.7 Å². The number of aromatic nitrogens is 3. The van der Waals surface area contributed by atoms with Crippen LogP contribution in [0.4, 0.5) is 0 Å². The van der Waals surface area contributed by atoms with Gasteiger partial charge in [0.15, 0.2) is 11.6 Å². The Labute approximate surface area is 117 Å². The third kappa shape index (κ3) is 1.80. The van der Waals surface area contributed by atoms with E-state index >= 15 is 0 Å². The summed E-state index contributed by atoms with van der Waals surface area (Å²) >= 11 is 0. The molecule has 1 aliphatic rings. The van der Waals surface area contributed by atoms with Gasteiger partial charge in [0.1, 0.15) is 6.10 Å². The monoisotopic (exact) mass is 272 g/mol. The second-order valence-corrected chi connectivity index (χ2v) is 4.87. The minimum atomic E-state index is -0.192. The number of hydrogen-bond acceptors (Lipinski definition) is 4. The van der Waals surface area contributed by atoms with Gasteiger partial charge in [0.05, 0.1) is 17.8 Å². The molecule has 1 aliphatic heterocycles. The average molecular weight is 272 g/mol. The first-order chi connectivity index (χ1) is 9.63. The molecule has 6 heteroatoms. The number of carbonyl (C=O) groups excluding carboxylic acids is 1. The highest BCUT2D eigenvalue weighted by molar-refractivity contribution is 5.98. The number of hydrogen-bond donors (Lipinski definition) is 0. The van der Waals surface area contributed by atoms with E-state index in [1.165, 1.54) is 0 Å². The predicted molar refractivity (Wildman–Crippen MR) is 72.6 cm³/mol. The Bertz CT molecular complexity index is 665. The minimum absolute atomic E-state index is 0.0119. The van der Waals surface area contributed by atoms with Crippen LogP contribution in [0.3, 0.4) is 0 Å². The van der Waals surface area contributed by atoms with Crippen LogP contribution in [0.5, 0.6) is 0 Å². The summed E-state index contributed by atoms with van der Waals surface area (Å²) in [6.07, 6.45) is -0.192. The smallest absolute Gasteiger partial charge is 0.256 e. The SMILES string of the molecule is COC(C)c1nnc2n1-c1ccccc1C(=O)N(C)C2. The van der Waals surface area contributed by atoms with Gasteiger partial charge in [-0.15, -0.1) is 10.2 Å². The van der Waals surface area contributed by atoms with E-state index in [1.54, 1.807) is 19.1 Å². The lowest BCUT2D eigenvalue weighted by Crippen LogP contribution is -2.25. The number of carbonyl (C=O) groups is 1. The van der Waals surface area contributed by atoms with Gasteiger partial charge < -0.3 is 9.64 Å². The summed E-state index contributed by atoms with van der Waals surface area (Å²) in [5, 5.41) is 8.43. The third-order valence-electron chi connectivity index (χ3n) is 3.57. The van der Waals surface area contributed by atoms with Crippen LogP contribution < -0.4 is 0 Å². The van der Waals surface area contributed by atoms with Crippen LogP contribution in [0.15, 0.2) is 24.3 Å². The highest BCUT2D eigenvalue weighted by atomic mass is 16.5. The molecular weight excluding hydrogens is 256 g/mol. The van der Waals surface area contributed by atoms with Crippen molar-refractivity contribution in [3.8, 4) is 5.69 Å². The van der Waals surface area contributed by atoms with Gasteiger partial charge in [-0.25, -0.2) is 0 Å². The van der Waals surface area contributed by atoms with Crippen molar-refractivity contribution in [2.24, 2.45) is 0 Å². The number of para-hydroxylation sites is 1. The Kier molecular flexibility index (Phi) is 3.02. The quantitative estimate of drug-likeness (QED) is 0.832. The maximum atomic E-state index is 12.4. The third-order valence-corrected chi connectivity index (χ3v) is 3.57. The molecule has 6 nitrogen and oxygen atoms in total. The minimum Gasteiger partial charge on any atom is -0.374 e. The summed E-state index contributed by atoms with van der Waals surface area (Å²) in [4.78, 5) is 14.0. The fourth-order valence-corrected chi connectivity index (χ4v) is 2.40. The molecule has 0 saturated carbocycles. The molecular formula is C14H16N4O2. The average Bonchev–Trinajstić information content (AvgIpc) is 2.84. The topological polar surface area (TPSA) is 60.3 Å². The van der Waals surface area contributed by atoms with Gasteiger partial charge in [0.2, 0.25) is 0 Å². The van der Waals surface area contributed by atoms with Crippen molar-refractivity contribution in [2.45, 2.75) is 19.6 Å². The number of ether oxygens (including phenoxy) is 1. The van der Waals surface area contributed by atoms with Crippen molar-refractivity contribution in [3.05, 3.63) is 41.5 Å². The van der Waals surface area contributed by atoms with Crippen LogP contribution in [0.2, 0.25) is 0 Å². The van der Waals surface area contributed by atoms with Gasteiger partial charge in [-0.2, -0.15) is 0 Å². The van der Waals surface area contributed by atoms with Crippen LogP contribution in [0, 0.1) is 0 Å². The molecule has 0 fully saturated rings. The van der Waals surface area contributed by atoms with E-state index in [2.05, 4.69) is 10.2 Å². The molecule has 0 saturated heterocycles. The molecule has 2 aromatic rings. The van der Waals surface area contributed by atoms with Gasteiger partial charge in [-0.3, -0.25) is 9.36 Å². The standard InChI is InChI=1S/C14H16N4O2/c1-9(20-3)13-16-15-12-8-17(2)14(19)10-6-4-5-7-11(10)18(12)13/h4-7,9H,8H2,1-3H3. The normalized spacial score (nSPS) is 15.6. The molecule has 0 spiro atoms. The maximum Gasteiger partial charge on any atom is 0.256 e. The first-order valence-electron chi connectivity index (χ1n) is 6.45. The van der Waals surface area contributed by atoms with Gasteiger partial charge in [0.25, 0.3) is 5.91 Å². The zero-order valence-corrected chi connectivity index (χ0v) is 11.7. The van der Waals surface area contributed by atoms with Crippen LogP contribution >= 0.6 is 0 Å². The Morgan fingerprint density at radius 3 is 2.80 bits per heavy atom. The summed E-state index contributed by atoms with van der Waals surface area (Å²) in [7, 11) is 3.40. The largest absolute Gasteiger partial charge is 0.374 e. The second kappa shape index (κ2) is 4.72. The van der Waals surface area contributed by atoms with Gasteiger partial charge in [-0.05, 0) is 19.1 Å². The van der Waals surface area contributed by atoms with E-state index in [1.807, 2.05) is 35.8 Å². The molecule has 1 aromatic carbocycles. The van der Waals surface area contributed by atoms with Crippen molar-refractivity contribution < 1.29 is 9.53 Å². The Morgan fingerprint density at radius 1 is 1.30 bits per heavy atom. The lowest BCUT2D eigenvalue weighted by Gasteiger charge is -2.13. The molecule has 104 valence electrons. The summed E-state index contributed by atoms with van der Waals surface area (Å²) in [5.74, 6) is 1.44. The molecule has 0 N–H and O–H groups in total. The predicted octanol–water partition coefficient (Wildman–Crippen LogP) is 1.56. The van der Waals surface area contributed by atoms with Gasteiger partial charge in [0, 0.05) is 14.2 Å². The summed E-state index contributed by atoms with van der Waals surface area (Å²) < 4.78 is 7.27. The molecule has 20 heavy (non-hydrogen) atoms. The summed E-state index contributed by atoms with van der Waals surface area (Å²) in [6, 6.07) is 7.50. The van der Waals surface area contributed by atoms with Crippen LogP contribution in [0.1, 0.15) is 35.0 Å². The van der Waals surface area contributed by atoms with Crippen molar-refractivity contribution in [2.75, 3.05) is 14.2 Å². The highest BCUT2D eigenvalue weighted by Crippen LogP contribution is 2.27. The van der Waals surface area contributed by atoms with Gasteiger partial charge in [-0.1, -0.05) is 12.1 Å². The van der Waals surface area contributed by atoms with E-state index in [4.69, 9.17) is 4.74 Å². The van der Waals surface area contributed by atoms with Crippen LogP contribution in [-0.2, 0) is 11.3 Å². The lowest BCUT2D eigenvalue weighted by molar-refractivity contribution is 0.0786. The number of nitrogens with zero attached hydrogens (tertiary/aromatic N) is 4. The van der Waals surface area contributed by atoms with Crippen LogP contribution in [-0.4, -0.2) is 39.7 Å². The Balaban J connectivity index is 2.28. The zero-order valence-electron chi connectivity index (χ0n) is 11.7. The van der Waals surface area contributed by atoms with E-state index in [0.29, 0.717) is 17.9 Å².